The van der Waals surface area contributed by atoms with E-state index in [1.807, 2.05) is 30.3 Å². The van der Waals surface area contributed by atoms with Gasteiger partial charge in [0.25, 0.3) is 5.91 Å². The fourth-order valence-corrected chi connectivity index (χ4v) is 2.46. The predicted octanol–water partition coefficient (Wildman–Crippen LogP) is 1.22. The summed E-state index contributed by atoms with van der Waals surface area (Å²) < 4.78 is 0. The van der Waals surface area contributed by atoms with Crippen LogP contribution in [-0.4, -0.2) is 32.5 Å². The monoisotopic (exact) mass is 283 g/mol. The minimum atomic E-state index is -1.25. The molecule has 2 N–H and O–H groups in total. The molecule has 1 aliphatic rings. The van der Waals surface area contributed by atoms with Gasteiger partial charge >= 0.3 is 5.97 Å². The molecule has 1 amide bonds. The molecular weight excluding hydrogens is 270 g/mol. The molecule has 1 aromatic heterocycles. The average Bonchev–Trinajstić information content (AvgIpc) is 3.25. The number of aromatic nitrogens is 2. The summed E-state index contributed by atoms with van der Waals surface area (Å²) in [6.07, 6.45) is 4.53. The molecule has 106 valence electrons. The maximum atomic E-state index is 12.1. The highest BCUT2D eigenvalue weighted by atomic mass is 16.4. The van der Waals surface area contributed by atoms with Crippen molar-refractivity contribution in [2.75, 3.05) is 0 Å². The Labute approximate surface area is 120 Å². The molecule has 21 heavy (non-hydrogen) atoms. The second-order valence-electron chi connectivity index (χ2n) is 4.99. The molecule has 1 saturated carbocycles. The predicted molar refractivity (Wildman–Crippen MR) is 73.7 cm³/mol. The molecule has 2 atom stereocenters. The van der Waals surface area contributed by atoms with E-state index in [0.717, 1.165) is 5.56 Å². The van der Waals surface area contributed by atoms with Gasteiger partial charge in [0.05, 0.1) is 6.20 Å². The molecule has 1 aliphatic carbocycles. The van der Waals surface area contributed by atoms with Crippen LogP contribution in [0.3, 0.4) is 0 Å². The second-order valence-corrected chi connectivity index (χ2v) is 4.99. The van der Waals surface area contributed by atoms with E-state index < -0.39 is 17.4 Å². The Morgan fingerprint density at radius 2 is 2.00 bits per heavy atom. The highest BCUT2D eigenvalue weighted by molar-refractivity contribution is 5.98. The number of rotatable bonds is 4. The number of carbonyl (C=O) groups is 2. The largest absolute Gasteiger partial charge is 0.479 e. The van der Waals surface area contributed by atoms with E-state index in [1.54, 1.807) is 0 Å². The van der Waals surface area contributed by atoms with Crippen LogP contribution in [0.15, 0.2) is 48.9 Å². The number of carbonyl (C=O) groups excluding carboxylic acids is 1. The Bertz CT molecular complexity index is 675. The van der Waals surface area contributed by atoms with Gasteiger partial charge in [-0.1, -0.05) is 30.3 Å². The van der Waals surface area contributed by atoms with Gasteiger partial charge in [0.15, 0.2) is 0 Å². The van der Waals surface area contributed by atoms with Crippen LogP contribution in [0.2, 0.25) is 0 Å². The van der Waals surface area contributed by atoms with Gasteiger partial charge in [-0.15, -0.1) is 0 Å². The third-order valence-corrected chi connectivity index (χ3v) is 3.68. The topological polar surface area (TPSA) is 92.2 Å². The van der Waals surface area contributed by atoms with E-state index in [4.69, 9.17) is 0 Å². The molecular formula is C15H13N3O3. The van der Waals surface area contributed by atoms with Crippen LogP contribution in [0.5, 0.6) is 0 Å². The van der Waals surface area contributed by atoms with Crippen LogP contribution in [0, 0.1) is 0 Å². The quantitative estimate of drug-likeness (QED) is 0.880. The highest BCUT2D eigenvalue weighted by Crippen LogP contribution is 2.51. The number of amides is 1. The zero-order chi connectivity index (χ0) is 14.9. The first-order chi connectivity index (χ1) is 10.1. The molecule has 1 heterocycles. The van der Waals surface area contributed by atoms with E-state index in [2.05, 4.69) is 15.3 Å². The maximum Gasteiger partial charge on any atom is 0.330 e. The van der Waals surface area contributed by atoms with Gasteiger partial charge in [-0.2, -0.15) is 0 Å². The normalized spacial score (nSPS) is 23.3. The molecule has 0 saturated heterocycles. The van der Waals surface area contributed by atoms with Crippen molar-refractivity contribution in [2.24, 2.45) is 0 Å². The number of nitrogens with one attached hydrogen (secondary N) is 1. The Balaban J connectivity index is 1.82. The summed E-state index contributed by atoms with van der Waals surface area (Å²) in [5.74, 6) is -1.78. The summed E-state index contributed by atoms with van der Waals surface area (Å²) in [7, 11) is 0. The number of nitrogens with zero attached hydrogens (tertiary/aromatic N) is 2. The van der Waals surface area contributed by atoms with Crippen molar-refractivity contribution >= 4 is 11.9 Å². The van der Waals surface area contributed by atoms with E-state index in [-0.39, 0.29) is 11.6 Å². The lowest BCUT2D eigenvalue weighted by molar-refractivity contribution is -0.140. The Morgan fingerprint density at radius 1 is 1.24 bits per heavy atom. The fraction of sp³-hybridized carbons (Fsp3) is 0.200. The van der Waals surface area contributed by atoms with Crippen molar-refractivity contribution in [3.63, 3.8) is 0 Å². The van der Waals surface area contributed by atoms with Gasteiger partial charge < -0.3 is 10.4 Å². The summed E-state index contributed by atoms with van der Waals surface area (Å²) >= 11 is 0. The third kappa shape index (κ3) is 2.35. The lowest BCUT2D eigenvalue weighted by Gasteiger charge is -2.14. The number of hydrogen-bond acceptors (Lipinski definition) is 4. The molecule has 3 rings (SSSR count). The maximum absolute atomic E-state index is 12.1. The Morgan fingerprint density at radius 3 is 2.62 bits per heavy atom. The zero-order valence-corrected chi connectivity index (χ0v) is 11.1. The van der Waals surface area contributed by atoms with Crippen LogP contribution in [0.25, 0.3) is 0 Å². The van der Waals surface area contributed by atoms with Crippen molar-refractivity contribution in [2.45, 2.75) is 17.9 Å². The first-order valence-electron chi connectivity index (χ1n) is 6.50. The zero-order valence-electron chi connectivity index (χ0n) is 11.1. The number of benzene rings is 1. The fourth-order valence-electron chi connectivity index (χ4n) is 2.46. The van der Waals surface area contributed by atoms with Crippen LogP contribution < -0.4 is 5.32 Å². The van der Waals surface area contributed by atoms with Crippen LogP contribution in [-0.2, 0) is 4.79 Å². The first-order valence-corrected chi connectivity index (χ1v) is 6.50. The van der Waals surface area contributed by atoms with E-state index in [0.29, 0.717) is 6.42 Å². The summed E-state index contributed by atoms with van der Waals surface area (Å²) in [6, 6.07) is 9.30. The Hall–Kier alpha value is -2.76. The van der Waals surface area contributed by atoms with Gasteiger partial charge in [0, 0.05) is 18.3 Å². The number of carboxylic acids is 1. The van der Waals surface area contributed by atoms with E-state index in [9.17, 15) is 14.7 Å². The van der Waals surface area contributed by atoms with Crippen LogP contribution in [0.1, 0.15) is 28.4 Å². The van der Waals surface area contributed by atoms with Gasteiger partial charge in [-0.25, -0.2) is 9.78 Å². The van der Waals surface area contributed by atoms with Crippen LogP contribution in [0.4, 0.5) is 0 Å². The van der Waals surface area contributed by atoms with Gasteiger partial charge in [-0.05, 0) is 12.0 Å². The van der Waals surface area contributed by atoms with Crippen molar-refractivity contribution in [1.82, 2.24) is 15.3 Å². The number of hydrogen-bond donors (Lipinski definition) is 2. The second kappa shape index (κ2) is 4.97. The summed E-state index contributed by atoms with van der Waals surface area (Å²) in [5, 5.41) is 12.1. The summed E-state index contributed by atoms with van der Waals surface area (Å²) in [6.45, 7) is 0. The first kappa shape index (κ1) is 13.2. The molecule has 1 fully saturated rings. The smallest absolute Gasteiger partial charge is 0.330 e. The molecule has 0 aliphatic heterocycles. The molecule has 0 bridgehead atoms. The van der Waals surface area contributed by atoms with Crippen molar-refractivity contribution in [1.29, 1.82) is 0 Å². The van der Waals surface area contributed by atoms with Gasteiger partial charge in [0.1, 0.15) is 11.2 Å². The summed E-state index contributed by atoms with van der Waals surface area (Å²) in [4.78, 5) is 31.4. The molecule has 1 unspecified atom stereocenters. The number of aliphatic carboxylic acids is 1. The standard InChI is InChI=1S/C15H13N3O3/c19-13(12-9-16-6-7-17-12)18-15(14(20)21)8-11(15)10-4-2-1-3-5-10/h1-7,9,11H,8H2,(H,18,19)(H,20,21)/t11-,15?/m0/s1. The minimum Gasteiger partial charge on any atom is -0.479 e. The molecule has 1 aromatic carbocycles. The number of carboxylic acid groups (broad SMARTS) is 1. The highest BCUT2D eigenvalue weighted by Gasteiger charge is 2.62. The van der Waals surface area contributed by atoms with E-state index >= 15 is 0 Å². The minimum absolute atomic E-state index is 0.108. The average molecular weight is 283 g/mol. The third-order valence-electron chi connectivity index (χ3n) is 3.68. The molecule has 6 nitrogen and oxygen atoms in total. The van der Waals surface area contributed by atoms with Crippen molar-refractivity contribution in [3.8, 4) is 0 Å². The molecule has 2 aromatic rings. The van der Waals surface area contributed by atoms with Gasteiger partial charge in [0.2, 0.25) is 0 Å². The lowest BCUT2D eigenvalue weighted by Crippen LogP contribution is -2.44. The van der Waals surface area contributed by atoms with Gasteiger partial charge in [-0.3, -0.25) is 9.78 Å². The SMILES string of the molecule is O=C(NC1(C(=O)O)C[C@H]1c1ccccc1)c1cnccn1. The molecule has 0 spiro atoms. The Kier molecular flexibility index (Phi) is 3.13. The molecule has 0 radical (unpaired) electrons. The van der Waals surface area contributed by atoms with Crippen LogP contribution >= 0.6 is 0 Å². The van der Waals surface area contributed by atoms with Crippen molar-refractivity contribution < 1.29 is 14.7 Å². The molecule has 6 heteroatoms. The van der Waals surface area contributed by atoms with Crippen molar-refractivity contribution in [3.05, 3.63) is 60.2 Å². The summed E-state index contributed by atoms with van der Waals surface area (Å²) in [5.41, 5.74) is -0.244. The van der Waals surface area contributed by atoms with E-state index in [1.165, 1.54) is 18.6 Å². The lowest BCUT2D eigenvalue weighted by atomic mass is 10.1.